The van der Waals surface area contributed by atoms with Crippen molar-refractivity contribution in [1.29, 1.82) is 0 Å². The molecule has 1 aliphatic carbocycles. The highest BCUT2D eigenvalue weighted by atomic mass is 16.2. The van der Waals surface area contributed by atoms with Gasteiger partial charge in [-0.05, 0) is 25.0 Å². The van der Waals surface area contributed by atoms with E-state index in [1.807, 2.05) is 24.3 Å². The molecule has 5 nitrogen and oxygen atoms in total. The van der Waals surface area contributed by atoms with Crippen LogP contribution in [-0.4, -0.2) is 21.5 Å². The van der Waals surface area contributed by atoms with Crippen molar-refractivity contribution in [3.8, 4) is 0 Å². The van der Waals surface area contributed by atoms with Crippen LogP contribution < -0.4 is 11.4 Å². The third kappa shape index (κ3) is 2.73. The third-order valence-electron chi connectivity index (χ3n) is 4.65. The van der Waals surface area contributed by atoms with Gasteiger partial charge in [0.2, 0.25) is 0 Å². The second-order valence-corrected chi connectivity index (χ2v) is 6.10. The van der Waals surface area contributed by atoms with Crippen molar-refractivity contribution in [3.05, 3.63) is 34.7 Å². The second-order valence-electron chi connectivity index (χ2n) is 6.10. The molecule has 0 radical (unpaired) electrons. The molecule has 2 aromatic rings. The Morgan fingerprint density at radius 1 is 1.09 bits per heavy atom. The highest BCUT2D eigenvalue weighted by Gasteiger charge is 2.23. The van der Waals surface area contributed by atoms with Crippen LogP contribution in [0.15, 0.2) is 29.1 Å². The first-order chi connectivity index (χ1) is 10.7. The fraction of sp³-hybridized carbons (Fsp3) is 0.529. The molecule has 118 valence electrons. The molecule has 0 amide bonds. The Balaban J connectivity index is 1.94. The highest BCUT2D eigenvalue weighted by Crippen LogP contribution is 2.25. The molecule has 1 aliphatic rings. The van der Waals surface area contributed by atoms with Crippen LogP contribution in [0.2, 0.25) is 0 Å². The molecule has 1 aromatic heterocycles. The van der Waals surface area contributed by atoms with E-state index >= 15 is 0 Å². The molecule has 1 aromatic carbocycles. The predicted molar refractivity (Wildman–Crippen MR) is 86.8 cm³/mol. The number of hydrogen-bond acceptors (Lipinski definition) is 3. The average Bonchev–Trinajstić information content (AvgIpc) is 2.82. The minimum absolute atomic E-state index is 0.122. The van der Waals surface area contributed by atoms with Crippen LogP contribution in [0.1, 0.15) is 32.1 Å². The number of rotatable bonds is 5. The summed E-state index contributed by atoms with van der Waals surface area (Å²) in [6, 6.07) is 7.62. The van der Waals surface area contributed by atoms with Gasteiger partial charge in [-0.25, -0.2) is 4.79 Å². The molecule has 0 saturated heterocycles. The van der Waals surface area contributed by atoms with Crippen molar-refractivity contribution in [2.24, 2.45) is 11.7 Å². The van der Waals surface area contributed by atoms with Crippen LogP contribution in [0.5, 0.6) is 0 Å². The van der Waals surface area contributed by atoms with Gasteiger partial charge in [0.25, 0.3) is 0 Å². The normalized spacial score (nSPS) is 16.2. The Bertz CT molecular complexity index is 723. The van der Waals surface area contributed by atoms with Crippen molar-refractivity contribution in [2.45, 2.75) is 45.2 Å². The van der Waals surface area contributed by atoms with Crippen molar-refractivity contribution < 1.29 is 4.79 Å². The zero-order valence-corrected chi connectivity index (χ0v) is 12.8. The number of Topliss-reactive ketones (excluding diaryl/α,β-unsaturated/α-hetero) is 1. The van der Waals surface area contributed by atoms with Crippen LogP contribution in [0.3, 0.4) is 0 Å². The summed E-state index contributed by atoms with van der Waals surface area (Å²) >= 11 is 0. The molecule has 2 N–H and O–H groups in total. The van der Waals surface area contributed by atoms with E-state index in [4.69, 9.17) is 5.73 Å². The molecule has 0 spiro atoms. The number of benzene rings is 1. The summed E-state index contributed by atoms with van der Waals surface area (Å²) in [4.78, 5) is 25.2. The largest absolute Gasteiger partial charge is 0.329 e. The fourth-order valence-corrected chi connectivity index (χ4v) is 3.48. The molecular weight excluding hydrogens is 278 g/mol. The molecular formula is C17H23N3O2. The van der Waals surface area contributed by atoms with E-state index < -0.39 is 0 Å². The number of imidazole rings is 1. The van der Waals surface area contributed by atoms with Crippen LogP contribution in [-0.2, 0) is 17.9 Å². The number of nitrogens with two attached hydrogens (primary N) is 1. The Morgan fingerprint density at radius 3 is 2.36 bits per heavy atom. The van der Waals surface area contributed by atoms with Gasteiger partial charge < -0.3 is 5.73 Å². The van der Waals surface area contributed by atoms with Gasteiger partial charge in [-0.2, -0.15) is 0 Å². The van der Waals surface area contributed by atoms with E-state index in [0.717, 1.165) is 36.7 Å². The Kier molecular flexibility index (Phi) is 4.43. The minimum atomic E-state index is -0.129. The second kappa shape index (κ2) is 6.48. The van der Waals surface area contributed by atoms with Crippen LogP contribution in [0.4, 0.5) is 0 Å². The standard InChI is InChI=1S/C17H23N3O2/c18-10-11-19-14-8-4-5-9-15(14)20(17(19)22)12-16(21)13-6-2-1-3-7-13/h4-5,8-9,13H,1-3,6-7,10-12,18H2. The maximum absolute atomic E-state index is 12.6. The van der Waals surface area contributed by atoms with Gasteiger partial charge in [-0.15, -0.1) is 0 Å². The lowest BCUT2D eigenvalue weighted by molar-refractivity contribution is -0.124. The topological polar surface area (TPSA) is 70.0 Å². The quantitative estimate of drug-likeness (QED) is 0.917. The summed E-state index contributed by atoms with van der Waals surface area (Å²) in [5.41, 5.74) is 7.16. The molecule has 0 unspecified atom stereocenters. The van der Waals surface area contributed by atoms with Crippen LogP contribution >= 0.6 is 0 Å². The van der Waals surface area contributed by atoms with Crippen molar-refractivity contribution in [3.63, 3.8) is 0 Å². The number of para-hydroxylation sites is 2. The first-order valence-corrected chi connectivity index (χ1v) is 8.13. The molecule has 22 heavy (non-hydrogen) atoms. The van der Waals surface area contributed by atoms with E-state index in [-0.39, 0.29) is 23.9 Å². The zero-order chi connectivity index (χ0) is 15.5. The van der Waals surface area contributed by atoms with Gasteiger partial charge in [0.05, 0.1) is 17.6 Å². The Hall–Kier alpha value is -1.88. The molecule has 3 rings (SSSR count). The number of hydrogen-bond donors (Lipinski definition) is 1. The first-order valence-electron chi connectivity index (χ1n) is 8.13. The van der Waals surface area contributed by atoms with E-state index in [1.165, 1.54) is 6.42 Å². The molecule has 0 atom stereocenters. The summed E-state index contributed by atoms with van der Waals surface area (Å²) in [5.74, 6) is 0.315. The number of nitrogens with zero attached hydrogens (tertiary/aromatic N) is 2. The number of ketones is 1. The van der Waals surface area contributed by atoms with Gasteiger partial charge in [0.15, 0.2) is 5.78 Å². The smallest absolute Gasteiger partial charge is 0.329 e. The number of aromatic nitrogens is 2. The maximum Gasteiger partial charge on any atom is 0.329 e. The van der Waals surface area contributed by atoms with Gasteiger partial charge in [-0.1, -0.05) is 31.4 Å². The van der Waals surface area contributed by atoms with Crippen molar-refractivity contribution in [2.75, 3.05) is 6.54 Å². The van der Waals surface area contributed by atoms with Crippen LogP contribution in [0, 0.1) is 5.92 Å². The van der Waals surface area contributed by atoms with E-state index in [9.17, 15) is 9.59 Å². The van der Waals surface area contributed by atoms with Gasteiger partial charge >= 0.3 is 5.69 Å². The molecule has 0 aliphatic heterocycles. The predicted octanol–water partition coefficient (Wildman–Crippen LogP) is 1.91. The van der Waals surface area contributed by atoms with E-state index in [2.05, 4.69) is 0 Å². The molecule has 1 heterocycles. The molecule has 1 fully saturated rings. The Labute approximate surface area is 129 Å². The average molecular weight is 301 g/mol. The summed E-state index contributed by atoms with van der Waals surface area (Å²) in [6.45, 7) is 1.07. The maximum atomic E-state index is 12.6. The minimum Gasteiger partial charge on any atom is -0.329 e. The highest BCUT2D eigenvalue weighted by molar-refractivity contribution is 5.83. The summed E-state index contributed by atoms with van der Waals surface area (Å²) < 4.78 is 3.28. The lowest BCUT2D eigenvalue weighted by Crippen LogP contribution is -2.31. The monoisotopic (exact) mass is 301 g/mol. The van der Waals surface area contributed by atoms with Gasteiger partial charge in [0.1, 0.15) is 0 Å². The molecule has 1 saturated carbocycles. The molecule has 0 bridgehead atoms. The lowest BCUT2D eigenvalue weighted by Gasteiger charge is -2.20. The Morgan fingerprint density at radius 2 is 1.73 bits per heavy atom. The number of carbonyl (C=O) groups excluding carboxylic acids is 1. The van der Waals surface area contributed by atoms with Crippen LogP contribution in [0.25, 0.3) is 11.0 Å². The van der Waals surface area contributed by atoms with E-state index in [1.54, 1.807) is 9.13 Å². The van der Waals surface area contributed by atoms with Gasteiger partial charge in [-0.3, -0.25) is 13.9 Å². The van der Waals surface area contributed by atoms with E-state index in [0.29, 0.717) is 13.1 Å². The zero-order valence-electron chi connectivity index (χ0n) is 12.8. The number of fused-ring (bicyclic) bond motifs is 1. The number of carbonyl (C=O) groups is 1. The first kappa shape index (κ1) is 15.0. The molecule has 5 heteroatoms. The van der Waals surface area contributed by atoms with Crippen molar-refractivity contribution >= 4 is 16.8 Å². The summed E-state index contributed by atoms with van der Waals surface area (Å²) in [5, 5.41) is 0. The lowest BCUT2D eigenvalue weighted by atomic mass is 9.86. The van der Waals surface area contributed by atoms with Crippen molar-refractivity contribution in [1.82, 2.24) is 9.13 Å². The van der Waals surface area contributed by atoms with Gasteiger partial charge in [0, 0.05) is 19.0 Å². The third-order valence-corrected chi connectivity index (χ3v) is 4.65. The fourth-order valence-electron chi connectivity index (χ4n) is 3.48. The summed E-state index contributed by atoms with van der Waals surface area (Å²) in [7, 11) is 0. The summed E-state index contributed by atoms with van der Waals surface area (Å²) in [6.07, 6.45) is 5.41. The SMILES string of the molecule is NCCn1c(=O)n(CC(=O)C2CCCCC2)c2ccccc21.